The molecule has 1 N–H and O–H groups in total. The van der Waals surface area contributed by atoms with E-state index in [1.807, 2.05) is 31.2 Å². The Morgan fingerprint density at radius 2 is 1.96 bits per heavy atom. The van der Waals surface area contributed by atoms with E-state index in [2.05, 4.69) is 34.7 Å². The minimum atomic E-state index is 0.0157. The van der Waals surface area contributed by atoms with Gasteiger partial charge in [0.2, 0.25) is 0 Å². The molecule has 4 heteroatoms. The van der Waals surface area contributed by atoms with Crippen LogP contribution >= 0.6 is 11.3 Å². The lowest BCUT2D eigenvalue weighted by atomic mass is 9.97. The second-order valence-corrected chi connectivity index (χ2v) is 7.81. The van der Waals surface area contributed by atoms with Crippen molar-refractivity contribution in [1.82, 2.24) is 10.2 Å². The van der Waals surface area contributed by atoms with Crippen LogP contribution in [0.15, 0.2) is 41.8 Å². The third-order valence-electron chi connectivity index (χ3n) is 4.90. The summed E-state index contributed by atoms with van der Waals surface area (Å²) in [4.78, 5) is 16.3. The Balaban J connectivity index is 1.66. The fourth-order valence-electron chi connectivity index (χ4n) is 3.23. The van der Waals surface area contributed by atoms with Gasteiger partial charge in [-0.2, -0.15) is 0 Å². The quantitative estimate of drug-likeness (QED) is 0.880. The zero-order valence-electron chi connectivity index (χ0n) is 14.5. The molecule has 1 atom stereocenters. The molecule has 1 saturated heterocycles. The molecule has 3 rings (SSSR count). The number of hydrogen-bond donors (Lipinski definition) is 1. The number of piperidine rings is 1. The van der Waals surface area contributed by atoms with Crippen molar-refractivity contribution in [2.24, 2.45) is 5.92 Å². The van der Waals surface area contributed by atoms with E-state index in [9.17, 15) is 4.79 Å². The monoisotopic (exact) mass is 342 g/mol. The van der Waals surface area contributed by atoms with Gasteiger partial charge in [-0.1, -0.05) is 30.7 Å². The van der Waals surface area contributed by atoms with E-state index >= 15 is 0 Å². The number of hydrogen-bond acceptors (Lipinski definition) is 3. The SMILES string of the molecule is Cc1ccc(C(=O)NC[C@@H](c2cccs2)N2CCC(C)CC2)cc1. The highest BCUT2D eigenvalue weighted by atomic mass is 32.1. The first-order valence-corrected chi connectivity index (χ1v) is 9.64. The Kier molecular flexibility index (Phi) is 5.69. The molecule has 1 aromatic heterocycles. The zero-order chi connectivity index (χ0) is 16.9. The third kappa shape index (κ3) is 4.25. The van der Waals surface area contributed by atoms with Crippen molar-refractivity contribution in [1.29, 1.82) is 0 Å². The molecular weight excluding hydrogens is 316 g/mol. The smallest absolute Gasteiger partial charge is 0.251 e. The van der Waals surface area contributed by atoms with Gasteiger partial charge in [-0.3, -0.25) is 9.69 Å². The molecule has 128 valence electrons. The Bertz CT molecular complexity index is 643. The summed E-state index contributed by atoms with van der Waals surface area (Å²) < 4.78 is 0. The van der Waals surface area contributed by atoms with Gasteiger partial charge in [-0.25, -0.2) is 0 Å². The van der Waals surface area contributed by atoms with Crippen molar-refractivity contribution >= 4 is 17.2 Å². The van der Waals surface area contributed by atoms with Crippen LogP contribution in [0.25, 0.3) is 0 Å². The maximum absolute atomic E-state index is 12.4. The number of nitrogens with one attached hydrogen (secondary N) is 1. The van der Waals surface area contributed by atoms with Crippen LogP contribution in [-0.4, -0.2) is 30.4 Å². The summed E-state index contributed by atoms with van der Waals surface area (Å²) in [5, 5.41) is 5.26. The predicted octanol–water partition coefficient (Wildman–Crippen LogP) is 4.26. The lowest BCUT2D eigenvalue weighted by Crippen LogP contribution is -2.41. The van der Waals surface area contributed by atoms with Crippen LogP contribution in [0, 0.1) is 12.8 Å². The number of carbonyl (C=O) groups excluding carboxylic acids is 1. The van der Waals surface area contributed by atoms with Crippen LogP contribution in [0.1, 0.15) is 46.6 Å². The highest BCUT2D eigenvalue weighted by Gasteiger charge is 2.25. The van der Waals surface area contributed by atoms with Crippen molar-refractivity contribution in [3.63, 3.8) is 0 Å². The minimum Gasteiger partial charge on any atom is -0.350 e. The summed E-state index contributed by atoms with van der Waals surface area (Å²) >= 11 is 1.78. The van der Waals surface area contributed by atoms with Crippen molar-refractivity contribution in [2.45, 2.75) is 32.7 Å². The Labute approximate surface area is 148 Å². The fourth-order valence-corrected chi connectivity index (χ4v) is 4.09. The summed E-state index contributed by atoms with van der Waals surface area (Å²) in [7, 11) is 0. The lowest BCUT2D eigenvalue weighted by molar-refractivity contribution is 0.0915. The number of thiophene rings is 1. The zero-order valence-corrected chi connectivity index (χ0v) is 15.3. The van der Waals surface area contributed by atoms with E-state index in [1.165, 1.54) is 23.3 Å². The lowest BCUT2D eigenvalue weighted by Gasteiger charge is -2.36. The summed E-state index contributed by atoms with van der Waals surface area (Å²) in [6.07, 6.45) is 2.49. The van der Waals surface area contributed by atoms with Crippen LogP contribution in [-0.2, 0) is 0 Å². The summed E-state index contributed by atoms with van der Waals surface area (Å²) in [6.45, 7) is 7.26. The average Bonchev–Trinajstić information content (AvgIpc) is 3.11. The molecule has 0 unspecified atom stereocenters. The first kappa shape index (κ1) is 17.2. The highest BCUT2D eigenvalue weighted by Crippen LogP contribution is 2.29. The first-order valence-electron chi connectivity index (χ1n) is 8.76. The van der Waals surface area contributed by atoms with Crippen molar-refractivity contribution in [3.8, 4) is 0 Å². The molecule has 1 fully saturated rings. The maximum Gasteiger partial charge on any atom is 0.251 e. The molecule has 2 heterocycles. The van der Waals surface area contributed by atoms with Gasteiger partial charge in [0.15, 0.2) is 0 Å². The number of nitrogens with zero attached hydrogens (tertiary/aromatic N) is 1. The minimum absolute atomic E-state index is 0.0157. The Morgan fingerprint density at radius 3 is 2.58 bits per heavy atom. The van der Waals surface area contributed by atoms with Crippen LogP contribution in [0.4, 0.5) is 0 Å². The molecule has 1 aliphatic rings. The summed E-state index contributed by atoms with van der Waals surface area (Å²) in [5.74, 6) is 0.828. The normalized spacial score (nSPS) is 17.6. The van der Waals surface area contributed by atoms with Crippen molar-refractivity contribution < 1.29 is 4.79 Å². The number of carbonyl (C=O) groups is 1. The molecule has 2 aromatic rings. The topological polar surface area (TPSA) is 32.3 Å². The van der Waals surface area contributed by atoms with Gasteiger partial charge in [0.05, 0.1) is 6.04 Å². The van der Waals surface area contributed by atoms with Gasteiger partial charge in [0, 0.05) is 17.0 Å². The van der Waals surface area contributed by atoms with E-state index in [-0.39, 0.29) is 11.9 Å². The number of amides is 1. The molecular formula is C20H26N2OS. The van der Waals surface area contributed by atoms with Gasteiger partial charge in [-0.05, 0) is 62.4 Å². The fraction of sp³-hybridized carbons (Fsp3) is 0.450. The largest absolute Gasteiger partial charge is 0.350 e. The van der Waals surface area contributed by atoms with E-state index in [0.29, 0.717) is 6.54 Å². The average molecular weight is 343 g/mol. The van der Waals surface area contributed by atoms with Gasteiger partial charge in [-0.15, -0.1) is 11.3 Å². The molecule has 0 bridgehead atoms. The Hall–Kier alpha value is -1.65. The predicted molar refractivity (Wildman–Crippen MR) is 101 cm³/mol. The number of rotatable bonds is 5. The van der Waals surface area contributed by atoms with Gasteiger partial charge >= 0.3 is 0 Å². The molecule has 0 radical (unpaired) electrons. The standard InChI is InChI=1S/C20H26N2OS/c1-15-5-7-17(8-6-15)20(23)21-14-18(19-4-3-13-24-19)22-11-9-16(2)10-12-22/h3-8,13,16,18H,9-12,14H2,1-2H3,(H,21,23)/t18-/m0/s1. The molecule has 1 aromatic carbocycles. The second kappa shape index (κ2) is 7.95. The van der Waals surface area contributed by atoms with Gasteiger partial charge < -0.3 is 5.32 Å². The van der Waals surface area contributed by atoms with Gasteiger partial charge in [0.25, 0.3) is 5.91 Å². The number of aryl methyl sites for hydroxylation is 1. The third-order valence-corrected chi connectivity index (χ3v) is 5.87. The molecule has 0 saturated carbocycles. The maximum atomic E-state index is 12.4. The van der Waals surface area contributed by atoms with Crippen molar-refractivity contribution in [3.05, 3.63) is 57.8 Å². The van der Waals surface area contributed by atoms with Gasteiger partial charge in [0.1, 0.15) is 0 Å². The molecule has 1 amide bonds. The highest BCUT2D eigenvalue weighted by molar-refractivity contribution is 7.10. The van der Waals surface area contributed by atoms with Crippen LogP contribution in [0.5, 0.6) is 0 Å². The van der Waals surface area contributed by atoms with E-state index in [0.717, 1.165) is 24.6 Å². The number of benzene rings is 1. The van der Waals surface area contributed by atoms with E-state index < -0.39 is 0 Å². The molecule has 1 aliphatic heterocycles. The Morgan fingerprint density at radius 1 is 1.25 bits per heavy atom. The first-order chi connectivity index (χ1) is 11.6. The van der Waals surface area contributed by atoms with Crippen LogP contribution < -0.4 is 5.32 Å². The van der Waals surface area contributed by atoms with Crippen LogP contribution in [0.2, 0.25) is 0 Å². The molecule has 3 nitrogen and oxygen atoms in total. The van der Waals surface area contributed by atoms with E-state index in [4.69, 9.17) is 0 Å². The molecule has 24 heavy (non-hydrogen) atoms. The number of likely N-dealkylation sites (tertiary alicyclic amines) is 1. The second-order valence-electron chi connectivity index (χ2n) is 6.83. The van der Waals surface area contributed by atoms with E-state index in [1.54, 1.807) is 11.3 Å². The molecule has 0 spiro atoms. The summed E-state index contributed by atoms with van der Waals surface area (Å²) in [6, 6.07) is 12.3. The molecule has 0 aliphatic carbocycles. The summed E-state index contributed by atoms with van der Waals surface area (Å²) in [5.41, 5.74) is 1.91. The van der Waals surface area contributed by atoms with Crippen LogP contribution in [0.3, 0.4) is 0 Å². The van der Waals surface area contributed by atoms with Crippen molar-refractivity contribution in [2.75, 3.05) is 19.6 Å².